The Hall–Kier alpha value is -1.34. The largest absolute Gasteiger partial charge is 0.330 e. The topological polar surface area (TPSA) is 26.0 Å². The van der Waals surface area contributed by atoms with E-state index >= 15 is 0 Å². The molecular formula is C17H21N. The standard InChI is InChI=1S/C17H21N/c18-13-17(11-4-1-5-12-17)16-10-6-8-14-7-2-3-9-15(14)16/h2-3,6-10H,1,4-5,11-13,18H2. The van der Waals surface area contributed by atoms with Crippen molar-refractivity contribution in [3.63, 3.8) is 0 Å². The fourth-order valence-corrected chi connectivity index (χ4v) is 3.50. The molecule has 1 heteroatoms. The molecule has 1 saturated carbocycles. The molecule has 0 radical (unpaired) electrons. The maximum atomic E-state index is 6.16. The van der Waals surface area contributed by atoms with Gasteiger partial charge in [-0.2, -0.15) is 0 Å². The molecule has 1 fully saturated rings. The highest BCUT2D eigenvalue weighted by Gasteiger charge is 2.33. The Morgan fingerprint density at radius 2 is 1.61 bits per heavy atom. The van der Waals surface area contributed by atoms with Gasteiger partial charge in [-0.05, 0) is 29.2 Å². The summed E-state index contributed by atoms with van der Waals surface area (Å²) in [6.07, 6.45) is 6.50. The Labute approximate surface area is 109 Å². The van der Waals surface area contributed by atoms with Crippen LogP contribution in [0.4, 0.5) is 0 Å². The average Bonchev–Trinajstić information content (AvgIpc) is 2.47. The van der Waals surface area contributed by atoms with Crippen LogP contribution in [-0.4, -0.2) is 6.54 Å². The number of rotatable bonds is 2. The van der Waals surface area contributed by atoms with Gasteiger partial charge in [0.1, 0.15) is 0 Å². The van der Waals surface area contributed by atoms with Gasteiger partial charge in [0.2, 0.25) is 0 Å². The summed E-state index contributed by atoms with van der Waals surface area (Å²) in [6, 6.07) is 15.4. The Morgan fingerprint density at radius 1 is 0.889 bits per heavy atom. The first-order chi connectivity index (χ1) is 8.86. The normalized spacial score (nSPS) is 18.9. The molecule has 0 saturated heterocycles. The lowest BCUT2D eigenvalue weighted by Crippen LogP contribution is -2.37. The summed E-state index contributed by atoms with van der Waals surface area (Å²) in [7, 11) is 0. The highest BCUT2D eigenvalue weighted by molar-refractivity contribution is 5.86. The molecule has 3 rings (SSSR count). The molecule has 0 amide bonds. The van der Waals surface area contributed by atoms with Crippen LogP contribution in [0.25, 0.3) is 10.8 Å². The zero-order valence-electron chi connectivity index (χ0n) is 10.9. The Balaban J connectivity index is 2.17. The fraction of sp³-hybridized carbons (Fsp3) is 0.412. The van der Waals surface area contributed by atoms with Gasteiger partial charge in [0.05, 0.1) is 0 Å². The van der Waals surface area contributed by atoms with Crippen molar-refractivity contribution in [2.75, 3.05) is 6.54 Å². The average molecular weight is 239 g/mol. The highest BCUT2D eigenvalue weighted by Crippen LogP contribution is 2.41. The van der Waals surface area contributed by atoms with Crippen LogP contribution in [0.3, 0.4) is 0 Å². The van der Waals surface area contributed by atoms with E-state index in [0.29, 0.717) is 0 Å². The molecular weight excluding hydrogens is 218 g/mol. The minimum absolute atomic E-state index is 0.221. The Kier molecular flexibility index (Phi) is 3.09. The third-order valence-corrected chi connectivity index (χ3v) is 4.56. The summed E-state index contributed by atoms with van der Waals surface area (Å²) < 4.78 is 0. The lowest BCUT2D eigenvalue weighted by Gasteiger charge is -2.37. The molecule has 94 valence electrons. The van der Waals surface area contributed by atoms with E-state index in [9.17, 15) is 0 Å². The minimum atomic E-state index is 0.221. The first-order valence-electron chi connectivity index (χ1n) is 7.04. The molecule has 1 nitrogen and oxygen atoms in total. The SMILES string of the molecule is NCC1(c2cccc3ccccc23)CCCCC1. The van der Waals surface area contributed by atoms with E-state index in [0.717, 1.165) is 6.54 Å². The quantitative estimate of drug-likeness (QED) is 0.842. The molecule has 0 heterocycles. The molecule has 2 aromatic carbocycles. The zero-order valence-corrected chi connectivity index (χ0v) is 10.9. The molecule has 1 aliphatic rings. The van der Waals surface area contributed by atoms with E-state index in [4.69, 9.17) is 5.73 Å². The van der Waals surface area contributed by atoms with E-state index in [1.54, 1.807) is 0 Å². The van der Waals surface area contributed by atoms with E-state index in [1.807, 2.05) is 0 Å². The van der Waals surface area contributed by atoms with E-state index in [1.165, 1.54) is 48.4 Å². The summed E-state index contributed by atoms with van der Waals surface area (Å²) in [5.74, 6) is 0. The number of hydrogen-bond donors (Lipinski definition) is 1. The molecule has 2 aromatic rings. The zero-order chi connectivity index (χ0) is 12.4. The summed E-state index contributed by atoms with van der Waals surface area (Å²) >= 11 is 0. The van der Waals surface area contributed by atoms with Crippen LogP contribution in [0.15, 0.2) is 42.5 Å². The maximum absolute atomic E-state index is 6.16. The fourth-order valence-electron chi connectivity index (χ4n) is 3.50. The van der Waals surface area contributed by atoms with Crippen molar-refractivity contribution in [1.29, 1.82) is 0 Å². The van der Waals surface area contributed by atoms with Crippen LogP contribution in [0.1, 0.15) is 37.7 Å². The van der Waals surface area contributed by atoms with Crippen LogP contribution < -0.4 is 5.73 Å². The molecule has 18 heavy (non-hydrogen) atoms. The lowest BCUT2D eigenvalue weighted by molar-refractivity contribution is 0.303. The number of benzene rings is 2. The summed E-state index contributed by atoms with van der Waals surface area (Å²) in [5.41, 5.74) is 7.86. The second kappa shape index (κ2) is 4.74. The molecule has 0 aliphatic heterocycles. The maximum Gasteiger partial charge on any atom is 0.00817 e. The van der Waals surface area contributed by atoms with Gasteiger partial charge in [-0.3, -0.25) is 0 Å². The first-order valence-corrected chi connectivity index (χ1v) is 7.04. The predicted molar refractivity (Wildman–Crippen MR) is 77.8 cm³/mol. The van der Waals surface area contributed by atoms with Crippen molar-refractivity contribution in [2.24, 2.45) is 5.73 Å². The third kappa shape index (κ3) is 1.83. The molecule has 0 unspecified atom stereocenters. The Morgan fingerprint density at radius 3 is 2.39 bits per heavy atom. The summed E-state index contributed by atoms with van der Waals surface area (Å²) in [6.45, 7) is 0.779. The monoisotopic (exact) mass is 239 g/mol. The molecule has 2 N–H and O–H groups in total. The molecule has 1 aliphatic carbocycles. The van der Waals surface area contributed by atoms with Gasteiger partial charge in [0, 0.05) is 12.0 Å². The van der Waals surface area contributed by atoms with Gasteiger partial charge in [-0.1, -0.05) is 61.7 Å². The number of fused-ring (bicyclic) bond motifs is 1. The second-order valence-electron chi connectivity index (χ2n) is 5.57. The van der Waals surface area contributed by atoms with Gasteiger partial charge in [-0.15, -0.1) is 0 Å². The number of nitrogens with two attached hydrogens (primary N) is 1. The van der Waals surface area contributed by atoms with Crippen molar-refractivity contribution in [2.45, 2.75) is 37.5 Å². The second-order valence-corrected chi connectivity index (χ2v) is 5.57. The highest BCUT2D eigenvalue weighted by atomic mass is 14.6. The van der Waals surface area contributed by atoms with Crippen LogP contribution in [0.2, 0.25) is 0 Å². The summed E-state index contributed by atoms with van der Waals surface area (Å²) in [5, 5.41) is 2.74. The minimum Gasteiger partial charge on any atom is -0.330 e. The predicted octanol–water partition coefficient (Wildman–Crippen LogP) is 4.00. The van der Waals surface area contributed by atoms with Crippen molar-refractivity contribution < 1.29 is 0 Å². The molecule has 0 atom stereocenters. The molecule has 0 aromatic heterocycles. The van der Waals surface area contributed by atoms with Crippen molar-refractivity contribution in [3.8, 4) is 0 Å². The van der Waals surface area contributed by atoms with Gasteiger partial charge in [0.15, 0.2) is 0 Å². The Bertz CT molecular complexity index is 533. The van der Waals surface area contributed by atoms with Gasteiger partial charge in [-0.25, -0.2) is 0 Å². The van der Waals surface area contributed by atoms with Crippen LogP contribution in [-0.2, 0) is 5.41 Å². The first kappa shape index (κ1) is 11.7. The van der Waals surface area contributed by atoms with Gasteiger partial charge in [0.25, 0.3) is 0 Å². The van der Waals surface area contributed by atoms with Crippen LogP contribution >= 0.6 is 0 Å². The third-order valence-electron chi connectivity index (χ3n) is 4.56. The molecule has 0 bridgehead atoms. The smallest absolute Gasteiger partial charge is 0.00817 e. The molecule has 0 spiro atoms. The van der Waals surface area contributed by atoms with Gasteiger partial charge >= 0.3 is 0 Å². The van der Waals surface area contributed by atoms with Gasteiger partial charge < -0.3 is 5.73 Å². The van der Waals surface area contributed by atoms with Crippen molar-refractivity contribution in [1.82, 2.24) is 0 Å². The number of hydrogen-bond acceptors (Lipinski definition) is 1. The van der Waals surface area contributed by atoms with Crippen molar-refractivity contribution in [3.05, 3.63) is 48.0 Å². The van der Waals surface area contributed by atoms with Crippen molar-refractivity contribution >= 4 is 10.8 Å². The lowest BCUT2D eigenvalue weighted by atomic mass is 9.68. The van der Waals surface area contributed by atoms with E-state index in [-0.39, 0.29) is 5.41 Å². The van der Waals surface area contributed by atoms with E-state index in [2.05, 4.69) is 42.5 Å². The summed E-state index contributed by atoms with van der Waals surface area (Å²) in [4.78, 5) is 0. The van der Waals surface area contributed by atoms with Crippen LogP contribution in [0.5, 0.6) is 0 Å². The van der Waals surface area contributed by atoms with E-state index < -0.39 is 0 Å². The van der Waals surface area contributed by atoms with Crippen LogP contribution in [0, 0.1) is 0 Å².